The number of phenolic OH excluding ortho intramolecular Hbond substituents is 1. The molecule has 3 aliphatic heterocycles. The van der Waals surface area contributed by atoms with Crippen LogP contribution >= 0.6 is 0 Å². The number of hydrogen-bond acceptors (Lipinski definition) is 14. The maximum Gasteiger partial charge on any atom is 0.198 e. The fraction of sp³-hybridized carbons (Fsp3) is 0.486. The summed E-state index contributed by atoms with van der Waals surface area (Å²) in [6.07, 6.45) is -0.316. The third kappa shape index (κ3) is 5.61. The van der Waals surface area contributed by atoms with Crippen molar-refractivity contribution >= 4 is 28.9 Å². The second-order valence-corrected chi connectivity index (χ2v) is 14.2. The van der Waals surface area contributed by atoms with Crippen LogP contribution in [-0.4, -0.2) is 109 Å². The molecule has 7 rings (SSSR count). The minimum atomic E-state index is -2.82. The van der Waals surface area contributed by atoms with Crippen LogP contribution in [0.5, 0.6) is 5.75 Å². The summed E-state index contributed by atoms with van der Waals surface area (Å²) in [4.78, 5) is 65.6. The SMILES string of the molecule is C[C@@H]1O[C@@H](O[C@H]2[C@H](O)C[C@H](c3ccc4c(c3O)C(=O)C3=C(C4=O)[C@@]4(O)C(=O)C[C@](C)(O[C@H]5C=CC(=O)[C@H](C)O5)C[C@@]4(O)C=C3)O[C@@H]2C)C=CC1=O. The monoisotopic (exact) mass is 706 g/mol. The predicted molar refractivity (Wildman–Crippen MR) is 172 cm³/mol. The minimum absolute atomic E-state index is 0.0682. The molecule has 11 atom stereocenters. The standard InChI is InChI=1S/C37H38O14/c1-16-22(38)7-9-27(48-16)50-34-18(3)47-25(13-24(34)40)19-5-6-20-29(31(19)42)32(43)21-11-12-36(45)15-35(4,51-28-10-8-23(39)17(2)49-28)14-26(41)37(36,46)30(21)33(20)44/h5-12,16-18,24-25,27-28,34,40,42,45-46H,13-15H2,1-4H3/t16-,17-,18+,24+,25+,27-,28-,34+,35-,36-,37-/m0/s1. The number of allylic oxidation sites excluding steroid dienone is 2. The lowest BCUT2D eigenvalue weighted by Gasteiger charge is -2.53. The highest BCUT2D eigenvalue weighted by Gasteiger charge is 2.67. The number of benzene rings is 1. The summed E-state index contributed by atoms with van der Waals surface area (Å²) in [6.45, 7) is 6.30. The van der Waals surface area contributed by atoms with Gasteiger partial charge in [-0.05, 0) is 64.1 Å². The Morgan fingerprint density at radius 2 is 1.51 bits per heavy atom. The summed E-state index contributed by atoms with van der Waals surface area (Å²) in [6, 6.07) is 2.63. The number of aliphatic hydroxyl groups excluding tert-OH is 1. The summed E-state index contributed by atoms with van der Waals surface area (Å²) in [5, 5.41) is 46.4. The molecule has 1 saturated heterocycles. The van der Waals surface area contributed by atoms with Crippen LogP contribution in [0.2, 0.25) is 0 Å². The fourth-order valence-corrected chi connectivity index (χ4v) is 7.90. The van der Waals surface area contributed by atoms with Crippen molar-refractivity contribution in [2.45, 2.75) is 113 Å². The highest BCUT2D eigenvalue weighted by molar-refractivity contribution is 6.32. The van der Waals surface area contributed by atoms with Gasteiger partial charge in [0.05, 0.1) is 35.0 Å². The lowest BCUT2D eigenvalue weighted by atomic mass is 9.57. The van der Waals surface area contributed by atoms with Gasteiger partial charge in [0.25, 0.3) is 0 Å². The molecule has 1 aromatic rings. The number of aromatic hydroxyl groups is 1. The zero-order chi connectivity index (χ0) is 36.8. The first-order valence-electron chi connectivity index (χ1n) is 16.8. The second-order valence-electron chi connectivity index (χ2n) is 14.2. The Labute approximate surface area is 292 Å². The van der Waals surface area contributed by atoms with E-state index in [1.54, 1.807) is 20.8 Å². The Morgan fingerprint density at radius 3 is 2.16 bits per heavy atom. The molecule has 0 amide bonds. The van der Waals surface area contributed by atoms with Crippen LogP contribution < -0.4 is 0 Å². The highest BCUT2D eigenvalue weighted by atomic mass is 16.7. The predicted octanol–water partition coefficient (Wildman–Crippen LogP) is 1.57. The van der Waals surface area contributed by atoms with E-state index in [0.29, 0.717) is 0 Å². The van der Waals surface area contributed by atoms with Gasteiger partial charge in [0.15, 0.2) is 47.1 Å². The van der Waals surface area contributed by atoms with E-state index in [0.717, 1.165) is 12.2 Å². The number of Topliss-reactive ketones (excluding diaryl/α,β-unsaturated/α-hetero) is 3. The second kappa shape index (κ2) is 12.3. The van der Waals surface area contributed by atoms with Crippen molar-refractivity contribution in [3.8, 4) is 5.75 Å². The van der Waals surface area contributed by atoms with Crippen molar-refractivity contribution in [1.29, 1.82) is 0 Å². The summed E-state index contributed by atoms with van der Waals surface area (Å²) in [5.74, 6) is -3.83. The Morgan fingerprint density at radius 1 is 0.863 bits per heavy atom. The quantitative estimate of drug-likeness (QED) is 0.343. The average molecular weight is 707 g/mol. The molecule has 51 heavy (non-hydrogen) atoms. The van der Waals surface area contributed by atoms with E-state index in [9.17, 15) is 44.4 Å². The topological polar surface area (TPSA) is 212 Å². The smallest absolute Gasteiger partial charge is 0.198 e. The number of ketones is 5. The molecule has 3 aliphatic carbocycles. The van der Waals surface area contributed by atoms with E-state index >= 15 is 0 Å². The van der Waals surface area contributed by atoms with Crippen LogP contribution in [0.1, 0.15) is 79.3 Å². The first-order valence-corrected chi connectivity index (χ1v) is 16.8. The molecule has 0 spiro atoms. The maximum atomic E-state index is 14.1. The summed E-state index contributed by atoms with van der Waals surface area (Å²) < 4.78 is 29.1. The van der Waals surface area contributed by atoms with E-state index in [2.05, 4.69) is 0 Å². The van der Waals surface area contributed by atoms with Gasteiger partial charge in [-0.3, -0.25) is 24.0 Å². The number of ether oxygens (including phenoxy) is 5. The van der Waals surface area contributed by atoms with Crippen LogP contribution in [0.3, 0.4) is 0 Å². The van der Waals surface area contributed by atoms with E-state index in [4.69, 9.17) is 23.7 Å². The van der Waals surface area contributed by atoms with Crippen LogP contribution in [-0.2, 0) is 38.1 Å². The summed E-state index contributed by atoms with van der Waals surface area (Å²) in [7, 11) is 0. The molecule has 0 radical (unpaired) electrons. The largest absolute Gasteiger partial charge is 0.507 e. The molecule has 2 fully saturated rings. The summed E-state index contributed by atoms with van der Waals surface area (Å²) >= 11 is 0. The molecular weight excluding hydrogens is 668 g/mol. The maximum absolute atomic E-state index is 14.1. The van der Waals surface area contributed by atoms with Gasteiger partial charge in [-0.2, -0.15) is 0 Å². The molecule has 3 heterocycles. The first-order chi connectivity index (χ1) is 24.0. The van der Waals surface area contributed by atoms with Crippen molar-refractivity contribution in [2.75, 3.05) is 0 Å². The van der Waals surface area contributed by atoms with Crippen LogP contribution in [0.4, 0.5) is 0 Å². The van der Waals surface area contributed by atoms with E-state index < -0.39 is 101 Å². The summed E-state index contributed by atoms with van der Waals surface area (Å²) in [5.41, 5.74) is -8.14. The van der Waals surface area contributed by atoms with Gasteiger partial charge in [0.2, 0.25) is 0 Å². The lowest BCUT2D eigenvalue weighted by molar-refractivity contribution is -0.243. The van der Waals surface area contributed by atoms with Crippen molar-refractivity contribution in [2.24, 2.45) is 0 Å². The van der Waals surface area contributed by atoms with Crippen LogP contribution in [0.15, 0.2) is 59.7 Å². The molecule has 1 aromatic carbocycles. The minimum Gasteiger partial charge on any atom is -0.507 e. The van der Waals surface area contributed by atoms with Crippen molar-refractivity contribution in [3.63, 3.8) is 0 Å². The Kier molecular flexibility index (Phi) is 8.55. The molecule has 270 valence electrons. The van der Waals surface area contributed by atoms with Crippen molar-refractivity contribution in [3.05, 3.63) is 76.4 Å². The number of aliphatic hydroxyl groups is 3. The molecule has 0 bridgehead atoms. The number of hydrogen-bond donors (Lipinski definition) is 4. The molecule has 14 heteroatoms. The van der Waals surface area contributed by atoms with Gasteiger partial charge in [-0.1, -0.05) is 12.1 Å². The molecule has 14 nitrogen and oxygen atoms in total. The van der Waals surface area contributed by atoms with E-state index in [1.165, 1.54) is 43.4 Å². The van der Waals surface area contributed by atoms with Gasteiger partial charge in [0.1, 0.15) is 29.7 Å². The molecule has 0 aromatic heterocycles. The van der Waals surface area contributed by atoms with Gasteiger partial charge in [0, 0.05) is 36.0 Å². The van der Waals surface area contributed by atoms with Gasteiger partial charge < -0.3 is 44.1 Å². The van der Waals surface area contributed by atoms with Crippen LogP contribution in [0.25, 0.3) is 0 Å². The van der Waals surface area contributed by atoms with Crippen LogP contribution in [0, 0.1) is 0 Å². The zero-order valence-electron chi connectivity index (χ0n) is 28.2. The number of rotatable bonds is 5. The molecule has 0 unspecified atom stereocenters. The normalized spacial score (nSPS) is 40.7. The highest BCUT2D eigenvalue weighted by Crippen LogP contribution is 2.53. The number of carbonyl (C=O) groups excluding carboxylic acids is 5. The molecule has 4 N–H and O–H groups in total. The van der Waals surface area contributed by atoms with Crippen molar-refractivity contribution < 1.29 is 68.1 Å². The van der Waals surface area contributed by atoms with Gasteiger partial charge in [-0.25, -0.2) is 0 Å². The molecule has 6 aliphatic rings. The van der Waals surface area contributed by atoms with Gasteiger partial charge in [-0.15, -0.1) is 0 Å². The lowest BCUT2D eigenvalue weighted by Crippen LogP contribution is -2.69. The number of fused-ring (bicyclic) bond motifs is 3. The Bertz CT molecular complexity index is 1860. The van der Waals surface area contributed by atoms with Gasteiger partial charge >= 0.3 is 0 Å². The first kappa shape index (κ1) is 35.4. The Hall–Kier alpha value is -3.99. The van der Waals surface area contributed by atoms with Crippen molar-refractivity contribution in [1.82, 2.24) is 0 Å². The number of phenols is 1. The fourth-order valence-electron chi connectivity index (χ4n) is 7.90. The van der Waals surface area contributed by atoms with E-state index in [1.807, 2.05) is 0 Å². The average Bonchev–Trinajstić information content (AvgIpc) is 3.05. The molecular formula is C37H38O14. The molecule has 1 saturated carbocycles. The zero-order valence-corrected chi connectivity index (χ0v) is 28.2. The third-order valence-electron chi connectivity index (χ3n) is 10.5. The number of carbonyl (C=O) groups is 5. The Balaban J connectivity index is 1.14. The van der Waals surface area contributed by atoms with E-state index in [-0.39, 0.29) is 46.7 Å². The third-order valence-corrected chi connectivity index (χ3v) is 10.5.